The Hall–Kier alpha value is -2.05. The highest BCUT2D eigenvalue weighted by Gasteiger charge is 2.24. The van der Waals surface area contributed by atoms with Crippen molar-refractivity contribution in [3.63, 3.8) is 0 Å². The lowest BCUT2D eigenvalue weighted by Gasteiger charge is -2.23. The molecule has 0 spiro atoms. The highest BCUT2D eigenvalue weighted by Crippen LogP contribution is 2.42. The van der Waals surface area contributed by atoms with E-state index in [1.54, 1.807) is 19.1 Å². The maximum Gasteiger partial charge on any atom is 0.427 e. The van der Waals surface area contributed by atoms with Gasteiger partial charge in [-0.15, -0.1) is 0 Å². The van der Waals surface area contributed by atoms with E-state index in [1.165, 1.54) is 30.3 Å². The number of aromatic hydroxyl groups is 2. The molecule has 7 nitrogen and oxygen atoms in total. The van der Waals surface area contributed by atoms with Crippen molar-refractivity contribution < 1.29 is 29.7 Å². The summed E-state index contributed by atoms with van der Waals surface area (Å²) in [6, 6.07) is 10.0. The van der Waals surface area contributed by atoms with E-state index in [0.717, 1.165) is 5.56 Å². The van der Waals surface area contributed by atoms with Crippen LogP contribution in [0.2, 0.25) is 0 Å². The minimum Gasteiger partial charge on any atom is -0.508 e. The third-order valence-corrected chi connectivity index (χ3v) is 4.04. The van der Waals surface area contributed by atoms with Crippen LogP contribution in [0.5, 0.6) is 11.5 Å². The van der Waals surface area contributed by atoms with E-state index in [9.17, 15) is 19.9 Å². The van der Waals surface area contributed by atoms with Crippen LogP contribution in [0.4, 0.5) is 5.69 Å². The van der Waals surface area contributed by atoms with Gasteiger partial charge < -0.3 is 25.1 Å². The molecule has 0 radical (unpaired) electrons. The number of aliphatic hydroxyl groups is 1. The lowest BCUT2D eigenvalue weighted by molar-refractivity contribution is 0.152. The van der Waals surface area contributed by atoms with E-state index in [-0.39, 0.29) is 22.7 Å². The van der Waals surface area contributed by atoms with Gasteiger partial charge in [0.25, 0.3) is 0 Å². The van der Waals surface area contributed by atoms with Gasteiger partial charge in [0.15, 0.2) is 0 Å². The zero-order chi connectivity index (χ0) is 17.2. The molecule has 6 N–H and O–H groups in total. The summed E-state index contributed by atoms with van der Waals surface area (Å²) in [5, 5.41) is 31.5. The van der Waals surface area contributed by atoms with E-state index in [0.29, 0.717) is 0 Å². The number of aliphatic hydroxyl groups excluding tert-OH is 1. The number of hydrogen-bond acceptors (Lipinski definition) is 4. The van der Waals surface area contributed by atoms with Crippen LogP contribution < -0.4 is 5.09 Å². The second kappa shape index (κ2) is 6.60. The largest absolute Gasteiger partial charge is 0.508 e. The quantitative estimate of drug-likeness (QED) is 0.364. The molecular formula is C15H18NO6P. The number of phenols is 2. The normalized spacial score (nSPS) is 14.3. The summed E-state index contributed by atoms with van der Waals surface area (Å²) >= 11 is 0. The summed E-state index contributed by atoms with van der Waals surface area (Å²) in [4.78, 5) is 18.1. The van der Waals surface area contributed by atoms with E-state index in [2.05, 4.69) is 0 Å². The van der Waals surface area contributed by atoms with Crippen LogP contribution in [0.1, 0.15) is 30.1 Å². The van der Waals surface area contributed by atoms with Crippen molar-refractivity contribution in [2.45, 2.75) is 18.9 Å². The fourth-order valence-electron chi connectivity index (χ4n) is 2.28. The van der Waals surface area contributed by atoms with Crippen LogP contribution in [0, 0.1) is 0 Å². The third-order valence-electron chi connectivity index (χ3n) is 3.51. The maximum atomic E-state index is 11.1. The lowest BCUT2D eigenvalue weighted by atomic mass is 9.90. The van der Waals surface area contributed by atoms with E-state index in [1.807, 2.05) is 5.09 Å². The zero-order valence-corrected chi connectivity index (χ0v) is 13.2. The van der Waals surface area contributed by atoms with Crippen LogP contribution in [0.15, 0.2) is 42.5 Å². The molecule has 0 fully saturated rings. The molecular weight excluding hydrogens is 321 g/mol. The molecule has 2 aromatic carbocycles. The highest BCUT2D eigenvalue weighted by atomic mass is 31.2. The zero-order valence-electron chi connectivity index (χ0n) is 12.3. The van der Waals surface area contributed by atoms with Gasteiger partial charge in [0.2, 0.25) is 0 Å². The predicted octanol–water partition coefficient (Wildman–Crippen LogP) is 2.44. The van der Waals surface area contributed by atoms with Crippen molar-refractivity contribution in [2.24, 2.45) is 0 Å². The lowest BCUT2D eigenvalue weighted by Crippen LogP contribution is -2.10. The van der Waals surface area contributed by atoms with Crippen molar-refractivity contribution >= 4 is 13.4 Å². The van der Waals surface area contributed by atoms with Crippen molar-refractivity contribution in [2.75, 3.05) is 5.09 Å². The minimum atomic E-state index is -4.55. The van der Waals surface area contributed by atoms with Gasteiger partial charge in [-0.1, -0.05) is 19.1 Å². The first kappa shape index (κ1) is 17.3. The summed E-state index contributed by atoms with van der Waals surface area (Å²) < 4.78 is 11.1. The second-order valence-corrected chi connectivity index (χ2v) is 6.56. The number of benzene rings is 2. The Labute approximate surface area is 133 Å². The van der Waals surface area contributed by atoms with Gasteiger partial charge in [0, 0.05) is 17.2 Å². The number of phenolic OH excluding ortho intramolecular Hbond substituents is 2. The van der Waals surface area contributed by atoms with Gasteiger partial charge in [0.05, 0.1) is 6.10 Å². The maximum absolute atomic E-state index is 11.1. The van der Waals surface area contributed by atoms with Crippen molar-refractivity contribution in [3.05, 3.63) is 53.6 Å². The molecule has 2 aromatic rings. The summed E-state index contributed by atoms with van der Waals surface area (Å²) in [5.74, 6) is -0.473. The van der Waals surface area contributed by atoms with Crippen molar-refractivity contribution in [1.82, 2.24) is 0 Å². The Bertz CT molecular complexity index is 727. The summed E-state index contributed by atoms with van der Waals surface area (Å²) in [7, 11) is -4.55. The van der Waals surface area contributed by atoms with Gasteiger partial charge in [-0.2, -0.15) is 0 Å². The van der Waals surface area contributed by atoms with Crippen molar-refractivity contribution in [1.29, 1.82) is 0 Å². The van der Waals surface area contributed by atoms with Gasteiger partial charge >= 0.3 is 7.75 Å². The van der Waals surface area contributed by atoms with Gasteiger partial charge in [-0.25, -0.2) is 4.57 Å². The molecule has 2 rings (SSSR count). The fourth-order valence-corrected chi connectivity index (χ4v) is 2.80. The first-order valence-corrected chi connectivity index (χ1v) is 8.42. The molecule has 0 saturated heterocycles. The third kappa shape index (κ3) is 4.46. The molecule has 124 valence electrons. The molecule has 0 saturated carbocycles. The van der Waals surface area contributed by atoms with E-state index >= 15 is 0 Å². The Morgan fingerprint density at radius 2 is 1.57 bits per heavy atom. The number of nitrogens with one attached hydrogen (secondary N) is 1. The van der Waals surface area contributed by atoms with Gasteiger partial charge in [-0.05, 0) is 35.9 Å². The standard InChI is InChI=1S/C15H18NO6P/c1-9(10-2-4-11(17)5-3-10)15(19)13-8-12(18)6-7-14(13)16-23(20,21)22/h2-9,15,17-19H,1H3,(H3,16,20,21,22). The van der Waals surface area contributed by atoms with Crippen LogP contribution in [-0.2, 0) is 4.57 Å². The first-order valence-electron chi connectivity index (χ1n) is 6.81. The Balaban J connectivity index is 2.37. The number of rotatable bonds is 5. The van der Waals surface area contributed by atoms with Gasteiger partial charge in [-0.3, -0.25) is 5.09 Å². The number of anilines is 1. The summed E-state index contributed by atoms with van der Waals surface area (Å²) in [6.45, 7) is 1.72. The monoisotopic (exact) mass is 339 g/mol. The van der Waals surface area contributed by atoms with Gasteiger partial charge in [0.1, 0.15) is 11.5 Å². The Morgan fingerprint density at radius 3 is 2.13 bits per heavy atom. The Kier molecular flexibility index (Phi) is 4.97. The molecule has 23 heavy (non-hydrogen) atoms. The minimum absolute atomic E-state index is 0.0364. The number of hydrogen-bond donors (Lipinski definition) is 6. The first-order chi connectivity index (χ1) is 10.7. The molecule has 8 heteroatoms. The molecule has 0 aromatic heterocycles. The molecule has 0 heterocycles. The smallest absolute Gasteiger partial charge is 0.427 e. The van der Waals surface area contributed by atoms with Crippen LogP contribution in [0.25, 0.3) is 0 Å². The Morgan fingerprint density at radius 1 is 1.00 bits per heavy atom. The second-order valence-electron chi connectivity index (χ2n) is 5.25. The van der Waals surface area contributed by atoms with E-state index in [4.69, 9.17) is 9.79 Å². The molecule has 0 bridgehead atoms. The molecule has 2 unspecified atom stereocenters. The molecule has 0 aliphatic carbocycles. The molecule has 0 aliphatic heterocycles. The average Bonchev–Trinajstić information content (AvgIpc) is 2.47. The highest BCUT2D eigenvalue weighted by molar-refractivity contribution is 7.53. The topological polar surface area (TPSA) is 130 Å². The fraction of sp³-hybridized carbons (Fsp3) is 0.200. The van der Waals surface area contributed by atoms with E-state index < -0.39 is 19.8 Å². The summed E-state index contributed by atoms with van der Waals surface area (Å²) in [5.41, 5.74) is 0.920. The van der Waals surface area contributed by atoms with Crippen LogP contribution in [0.3, 0.4) is 0 Å². The molecule has 0 amide bonds. The molecule has 2 atom stereocenters. The molecule has 0 aliphatic rings. The predicted molar refractivity (Wildman–Crippen MR) is 85.3 cm³/mol. The van der Waals surface area contributed by atoms with Crippen LogP contribution in [-0.4, -0.2) is 25.1 Å². The van der Waals surface area contributed by atoms with Crippen LogP contribution >= 0.6 is 7.75 Å². The van der Waals surface area contributed by atoms with Crippen molar-refractivity contribution in [3.8, 4) is 11.5 Å². The average molecular weight is 339 g/mol. The summed E-state index contributed by atoms with van der Waals surface area (Å²) in [6.07, 6.45) is -1.12. The SMILES string of the molecule is CC(c1ccc(O)cc1)C(O)c1cc(O)ccc1NP(=O)(O)O.